The number of hydrogen-bond donors (Lipinski definition) is 3. The van der Waals surface area contributed by atoms with Crippen molar-refractivity contribution in [1.29, 1.82) is 0 Å². The normalized spacial score (nSPS) is 37.8. The van der Waals surface area contributed by atoms with E-state index in [1.165, 1.54) is 18.9 Å². The lowest BCUT2D eigenvalue weighted by atomic mass is 9.51. The molecule has 0 amide bonds. The summed E-state index contributed by atoms with van der Waals surface area (Å²) in [5, 5.41) is 11.4. The Hall–Kier alpha value is -1.44. The highest BCUT2D eigenvalue weighted by molar-refractivity contribution is 7.46. The summed E-state index contributed by atoms with van der Waals surface area (Å²) in [5.74, 6) is 0.971. The molecule has 1 aromatic carbocycles. The number of phosphoric acid groups is 1. The Morgan fingerprint density at radius 3 is 2.79 bits per heavy atom. The molecule has 5 aliphatic rings. The molecule has 0 aromatic heterocycles. The number of Topliss-reactive ketones (excluding diaryl/α,β-unsaturated/α-hetero) is 1. The van der Waals surface area contributed by atoms with E-state index in [1.54, 1.807) is 6.07 Å². The molecule has 5 atom stereocenters. The molecule has 3 aliphatic carbocycles. The third-order valence-corrected chi connectivity index (χ3v) is 8.11. The highest BCUT2D eigenvalue weighted by Crippen LogP contribution is 2.66. The van der Waals surface area contributed by atoms with Crippen LogP contribution in [-0.2, 0) is 14.8 Å². The van der Waals surface area contributed by atoms with Crippen molar-refractivity contribution >= 4 is 13.6 Å². The van der Waals surface area contributed by atoms with Crippen molar-refractivity contribution in [2.75, 3.05) is 13.1 Å². The fourth-order valence-electron chi connectivity index (χ4n) is 6.49. The summed E-state index contributed by atoms with van der Waals surface area (Å²) in [5.41, 5.74) is 0.899. The molecule has 1 aromatic rings. The molecule has 29 heavy (non-hydrogen) atoms. The first-order valence-electron chi connectivity index (χ1n) is 10.3. The number of ketones is 1. The average Bonchev–Trinajstić information content (AvgIpc) is 3.40. The summed E-state index contributed by atoms with van der Waals surface area (Å²) < 4.78 is 22.5. The standard InChI is InChI=1S/C20H24NO7P/c22-13-5-4-12-16-17(23)11-3-6-14(28-29(24,25)26)18-15(11)20(12,19(13)27-18)7-8-21(16)9-10-1-2-10/h3,6,10,12,16-17,19,23H,1-2,4-5,7-9H2,(H2,24,25,26)/t12-,16-,17?,19-,20-/m0/s1. The van der Waals surface area contributed by atoms with Gasteiger partial charge in [-0.05, 0) is 55.7 Å². The molecule has 9 heteroatoms. The molecule has 1 unspecified atom stereocenters. The highest BCUT2D eigenvalue weighted by atomic mass is 31.2. The van der Waals surface area contributed by atoms with Crippen molar-refractivity contribution in [3.05, 3.63) is 23.3 Å². The van der Waals surface area contributed by atoms with E-state index in [0.717, 1.165) is 25.1 Å². The molecule has 1 spiro atoms. The maximum absolute atomic E-state index is 12.9. The number of benzene rings is 1. The Bertz CT molecular complexity index is 956. The van der Waals surface area contributed by atoms with Gasteiger partial charge in [0.1, 0.15) is 0 Å². The van der Waals surface area contributed by atoms with Gasteiger partial charge in [0.15, 0.2) is 23.4 Å². The maximum Gasteiger partial charge on any atom is 0.524 e. The number of carbonyl (C=O) groups is 1. The predicted molar refractivity (Wildman–Crippen MR) is 101 cm³/mol. The molecule has 2 aliphatic heterocycles. The molecule has 2 saturated carbocycles. The van der Waals surface area contributed by atoms with Gasteiger partial charge in [0.2, 0.25) is 0 Å². The zero-order valence-corrected chi connectivity index (χ0v) is 16.8. The topological polar surface area (TPSA) is 117 Å². The third-order valence-electron chi connectivity index (χ3n) is 7.67. The van der Waals surface area contributed by atoms with Crippen molar-refractivity contribution in [2.45, 2.75) is 55.8 Å². The van der Waals surface area contributed by atoms with Crippen molar-refractivity contribution in [3.8, 4) is 11.5 Å². The Kier molecular flexibility index (Phi) is 3.69. The number of rotatable bonds is 4. The molecule has 3 N–H and O–H groups in total. The van der Waals surface area contributed by atoms with Crippen LogP contribution in [0.25, 0.3) is 0 Å². The van der Waals surface area contributed by atoms with Gasteiger partial charge in [0.05, 0.1) is 6.10 Å². The van der Waals surface area contributed by atoms with Crippen LogP contribution in [0.15, 0.2) is 12.1 Å². The fourth-order valence-corrected chi connectivity index (χ4v) is 6.89. The molecule has 1 saturated heterocycles. The fraction of sp³-hybridized carbons (Fsp3) is 0.650. The molecular weight excluding hydrogens is 397 g/mol. The first-order valence-corrected chi connectivity index (χ1v) is 11.9. The van der Waals surface area contributed by atoms with E-state index < -0.39 is 25.4 Å². The van der Waals surface area contributed by atoms with Gasteiger partial charge < -0.3 is 14.4 Å². The first kappa shape index (κ1) is 18.3. The Balaban J connectivity index is 1.53. The number of nitrogens with zero attached hydrogens (tertiary/aromatic N) is 1. The molecule has 0 radical (unpaired) electrons. The lowest BCUT2D eigenvalue weighted by Gasteiger charge is -2.59. The van der Waals surface area contributed by atoms with Gasteiger partial charge in [-0.2, -0.15) is 0 Å². The van der Waals surface area contributed by atoms with Crippen LogP contribution in [0.2, 0.25) is 0 Å². The highest BCUT2D eigenvalue weighted by Gasteiger charge is 2.68. The summed E-state index contributed by atoms with van der Waals surface area (Å²) in [6.07, 6.45) is 2.92. The largest absolute Gasteiger partial charge is 0.524 e. The molecule has 2 bridgehead atoms. The van der Waals surface area contributed by atoms with E-state index >= 15 is 0 Å². The monoisotopic (exact) mass is 421 g/mol. The zero-order valence-electron chi connectivity index (χ0n) is 15.9. The predicted octanol–water partition coefficient (Wildman–Crippen LogP) is 1.67. The van der Waals surface area contributed by atoms with Gasteiger partial charge in [-0.3, -0.25) is 19.5 Å². The minimum atomic E-state index is -4.79. The van der Waals surface area contributed by atoms with Gasteiger partial charge >= 0.3 is 7.82 Å². The molecule has 156 valence electrons. The SMILES string of the molecule is O=C1CC[C@H]2[C@H]3C(O)c4ccc(OP(=O)(O)O)c5c4[C@@]2(CCN3CC2CC2)[C@H]1O5. The number of likely N-dealkylation sites (tertiary alicyclic amines) is 1. The minimum Gasteiger partial charge on any atom is -0.477 e. The third kappa shape index (κ3) is 2.47. The number of hydrogen-bond acceptors (Lipinski definition) is 6. The van der Waals surface area contributed by atoms with Crippen molar-refractivity contribution < 1.29 is 33.5 Å². The van der Waals surface area contributed by atoms with Crippen molar-refractivity contribution in [1.82, 2.24) is 4.90 Å². The summed E-state index contributed by atoms with van der Waals surface area (Å²) in [6.45, 7) is 1.76. The van der Waals surface area contributed by atoms with E-state index in [-0.39, 0.29) is 29.2 Å². The minimum absolute atomic E-state index is 0.0244. The first-order chi connectivity index (χ1) is 13.8. The molecule has 8 nitrogen and oxygen atoms in total. The molecule has 2 heterocycles. The van der Waals surface area contributed by atoms with Gasteiger partial charge in [-0.1, -0.05) is 6.07 Å². The maximum atomic E-state index is 12.9. The summed E-state index contributed by atoms with van der Waals surface area (Å²) in [6, 6.07) is 3.07. The van der Waals surface area contributed by atoms with Gasteiger partial charge in [0, 0.05) is 30.0 Å². The quantitative estimate of drug-likeness (QED) is 0.629. The number of phosphoric ester groups is 1. The van der Waals surface area contributed by atoms with Crippen molar-refractivity contribution in [3.63, 3.8) is 0 Å². The Labute approximate surface area is 168 Å². The number of carbonyl (C=O) groups excluding carboxylic acids is 1. The van der Waals surface area contributed by atoms with E-state index in [4.69, 9.17) is 9.26 Å². The molecule has 3 fully saturated rings. The molecule has 6 rings (SSSR count). The van der Waals surface area contributed by atoms with Gasteiger partial charge in [-0.15, -0.1) is 0 Å². The lowest BCUT2D eigenvalue weighted by molar-refractivity contribution is -0.144. The van der Waals surface area contributed by atoms with Crippen LogP contribution < -0.4 is 9.26 Å². The number of piperidine rings is 1. The zero-order chi connectivity index (χ0) is 20.1. The van der Waals surface area contributed by atoms with Crippen LogP contribution in [-0.4, -0.2) is 50.8 Å². The second-order valence-electron chi connectivity index (χ2n) is 9.21. The summed E-state index contributed by atoms with van der Waals surface area (Å²) in [4.78, 5) is 33.9. The van der Waals surface area contributed by atoms with Crippen LogP contribution in [0, 0.1) is 11.8 Å². The lowest BCUT2D eigenvalue weighted by Crippen LogP contribution is -2.67. The number of aliphatic hydroxyl groups is 1. The van der Waals surface area contributed by atoms with Gasteiger partial charge in [-0.25, -0.2) is 4.57 Å². The van der Waals surface area contributed by atoms with E-state index in [2.05, 4.69) is 4.90 Å². The van der Waals surface area contributed by atoms with Crippen LogP contribution in [0.5, 0.6) is 11.5 Å². The number of aliphatic hydroxyl groups excluding tert-OH is 1. The van der Waals surface area contributed by atoms with E-state index in [0.29, 0.717) is 24.3 Å². The van der Waals surface area contributed by atoms with E-state index in [9.17, 15) is 24.3 Å². The van der Waals surface area contributed by atoms with Crippen LogP contribution in [0.3, 0.4) is 0 Å². The Morgan fingerprint density at radius 1 is 1.28 bits per heavy atom. The molecular formula is C20H24NO7P. The van der Waals surface area contributed by atoms with Crippen LogP contribution in [0.4, 0.5) is 0 Å². The second-order valence-corrected chi connectivity index (χ2v) is 10.4. The Morgan fingerprint density at radius 2 is 2.07 bits per heavy atom. The van der Waals surface area contributed by atoms with Crippen LogP contribution >= 0.6 is 7.82 Å². The smallest absolute Gasteiger partial charge is 0.477 e. The summed E-state index contributed by atoms with van der Waals surface area (Å²) in [7, 11) is -4.79. The van der Waals surface area contributed by atoms with E-state index in [1.807, 2.05) is 0 Å². The number of ether oxygens (including phenoxy) is 1. The average molecular weight is 421 g/mol. The summed E-state index contributed by atoms with van der Waals surface area (Å²) >= 11 is 0. The van der Waals surface area contributed by atoms with Gasteiger partial charge in [0.25, 0.3) is 0 Å². The second kappa shape index (κ2) is 5.83. The van der Waals surface area contributed by atoms with Crippen LogP contribution in [0.1, 0.15) is 49.3 Å². The van der Waals surface area contributed by atoms with Crippen molar-refractivity contribution in [2.24, 2.45) is 11.8 Å².